The molecule has 2 aliphatic rings. The van der Waals surface area contributed by atoms with Crippen LogP contribution in [-0.4, -0.2) is 86.5 Å². The lowest BCUT2D eigenvalue weighted by Gasteiger charge is -2.31. The zero-order valence-electron chi connectivity index (χ0n) is 16.6. The van der Waals surface area contributed by atoms with E-state index in [4.69, 9.17) is 9.15 Å². The summed E-state index contributed by atoms with van der Waals surface area (Å²) in [7, 11) is 4.11. The number of esters is 1. The monoisotopic (exact) mass is 377 g/mol. The normalized spacial score (nSPS) is 26.1. The van der Waals surface area contributed by atoms with Crippen LogP contribution in [0.5, 0.6) is 0 Å². The molecule has 2 saturated heterocycles. The van der Waals surface area contributed by atoms with Crippen LogP contribution in [0.2, 0.25) is 0 Å². The van der Waals surface area contributed by atoms with E-state index in [0.29, 0.717) is 25.3 Å². The number of hydrogen-bond acceptors (Lipinski definition) is 6. The van der Waals surface area contributed by atoms with Gasteiger partial charge in [-0.3, -0.25) is 9.59 Å². The minimum atomic E-state index is -0.506. The van der Waals surface area contributed by atoms with Crippen LogP contribution < -0.4 is 0 Å². The van der Waals surface area contributed by atoms with E-state index < -0.39 is 5.41 Å². The molecule has 7 nitrogen and oxygen atoms in total. The molecule has 0 radical (unpaired) electrons. The first-order chi connectivity index (χ1) is 13.0. The molecule has 2 atom stereocenters. The van der Waals surface area contributed by atoms with Crippen molar-refractivity contribution in [1.82, 2.24) is 14.7 Å². The molecule has 0 aliphatic carbocycles. The van der Waals surface area contributed by atoms with E-state index in [0.717, 1.165) is 39.0 Å². The maximum absolute atomic E-state index is 13.0. The van der Waals surface area contributed by atoms with E-state index in [-0.39, 0.29) is 17.8 Å². The second kappa shape index (κ2) is 8.44. The zero-order valence-corrected chi connectivity index (χ0v) is 16.6. The Balaban J connectivity index is 1.79. The lowest BCUT2D eigenvalue weighted by atomic mass is 9.75. The van der Waals surface area contributed by atoms with Gasteiger partial charge in [-0.1, -0.05) is 0 Å². The van der Waals surface area contributed by atoms with Gasteiger partial charge in [-0.05, 0) is 39.9 Å². The summed E-state index contributed by atoms with van der Waals surface area (Å²) in [5.74, 6) is -0.0211. The number of carbonyl (C=O) groups excluding carboxylic acids is 2. The molecule has 0 spiro atoms. The van der Waals surface area contributed by atoms with Crippen LogP contribution in [0.25, 0.3) is 0 Å². The highest BCUT2D eigenvalue weighted by Gasteiger charge is 2.54. The molecule has 0 aromatic carbocycles. The first-order valence-corrected chi connectivity index (χ1v) is 9.82. The molecule has 1 aromatic rings. The fraction of sp³-hybridized carbons (Fsp3) is 0.700. The molecule has 2 fully saturated rings. The second-order valence-corrected chi connectivity index (χ2v) is 7.98. The van der Waals surface area contributed by atoms with Crippen LogP contribution >= 0.6 is 0 Å². The summed E-state index contributed by atoms with van der Waals surface area (Å²) in [5.41, 5.74) is 0.0643. The Bertz CT molecular complexity index is 646. The Morgan fingerprint density at radius 3 is 2.85 bits per heavy atom. The molecule has 1 amide bonds. The number of fused-ring (bicyclic) bond motifs is 1. The van der Waals surface area contributed by atoms with Crippen molar-refractivity contribution in [2.45, 2.75) is 19.8 Å². The third-order valence-electron chi connectivity index (χ3n) is 5.86. The smallest absolute Gasteiger partial charge is 0.313 e. The third kappa shape index (κ3) is 4.19. The summed E-state index contributed by atoms with van der Waals surface area (Å²) in [6.45, 7) is 6.90. The highest BCUT2D eigenvalue weighted by molar-refractivity contribution is 5.94. The minimum absolute atomic E-state index is 0.0184. The predicted molar refractivity (Wildman–Crippen MR) is 101 cm³/mol. The average Bonchev–Trinajstić information content (AvgIpc) is 3.24. The van der Waals surface area contributed by atoms with Crippen molar-refractivity contribution in [3.05, 3.63) is 24.2 Å². The molecule has 7 heteroatoms. The first-order valence-electron chi connectivity index (χ1n) is 9.82. The SMILES string of the molecule is CCOC(=O)[C@]12CCCN(C(=O)c3ccoc3)C[C@H]1CN(CCN(C)C)C2. The number of likely N-dealkylation sites (tertiary alicyclic amines) is 2. The predicted octanol–water partition coefficient (Wildman–Crippen LogP) is 1.56. The average molecular weight is 377 g/mol. The summed E-state index contributed by atoms with van der Waals surface area (Å²) < 4.78 is 10.6. The summed E-state index contributed by atoms with van der Waals surface area (Å²) >= 11 is 0. The number of nitrogens with zero attached hydrogens (tertiary/aromatic N) is 3. The quantitative estimate of drug-likeness (QED) is 0.701. The zero-order chi connectivity index (χ0) is 19.4. The van der Waals surface area contributed by atoms with Gasteiger partial charge in [0.05, 0.1) is 23.8 Å². The van der Waals surface area contributed by atoms with Gasteiger partial charge in [0.15, 0.2) is 0 Å². The van der Waals surface area contributed by atoms with Crippen molar-refractivity contribution in [2.24, 2.45) is 11.3 Å². The molecule has 0 unspecified atom stereocenters. The number of rotatable bonds is 6. The van der Waals surface area contributed by atoms with Gasteiger partial charge < -0.3 is 23.9 Å². The van der Waals surface area contributed by atoms with Gasteiger partial charge in [0.25, 0.3) is 5.91 Å². The van der Waals surface area contributed by atoms with E-state index in [1.54, 1.807) is 6.07 Å². The van der Waals surface area contributed by atoms with E-state index >= 15 is 0 Å². The fourth-order valence-electron chi connectivity index (χ4n) is 4.41. The number of carbonyl (C=O) groups is 2. The Morgan fingerprint density at radius 1 is 1.37 bits per heavy atom. The van der Waals surface area contributed by atoms with Crippen LogP contribution in [0.15, 0.2) is 23.0 Å². The summed E-state index contributed by atoms with van der Waals surface area (Å²) in [6, 6.07) is 1.70. The topological polar surface area (TPSA) is 66.2 Å². The van der Waals surface area contributed by atoms with Gasteiger partial charge in [-0.15, -0.1) is 0 Å². The Labute approximate surface area is 161 Å². The van der Waals surface area contributed by atoms with E-state index in [1.807, 2.05) is 11.8 Å². The van der Waals surface area contributed by atoms with Crippen molar-refractivity contribution in [2.75, 3.05) is 60.0 Å². The molecule has 1 aromatic heterocycles. The van der Waals surface area contributed by atoms with Crippen LogP contribution in [0.4, 0.5) is 0 Å². The lowest BCUT2D eigenvalue weighted by molar-refractivity contribution is -0.157. The summed E-state index contributed by atoms with van der Waals surface area (Å²) in [5, 5.41) is 0. The molecule has 0 N–H and O–H groups in total. The first kappa shape index (κ1) is 19.9. The maximum atomic E-state index is 13.0. The van der Waals surface area contributed by atoms with Crippen molar-refractivity contribution in [3.63, 3.8) is 0 Å². The number of likely N-dealkylation sites (N-methyl/N-ethyl adjacent to an activating group) is 1. The molecule has 150 valence electrons. The Morgan fingerprint density at radius 2 is 2.19 bits per heavy atom. The van der Waals surface area contributed by atoms with Gasteiger partial charge in [0.2, 0.25) is 0 Å². The van der Waals surface area contributed by atoms with Crippen molar-refractivity contribution >= 4 is 11.9 Å². The minimum Gasteiger partial charge on any atom is -0.472 e. The maximum Gasteiger partial charge on any atom is 0.313 e. The van der Waals surface area contributed by atoms with Gasteiger partial charge in [0, 0.05) is 45.2 Å². The van der Waals surface area contributed by atoms with E-state index in [9.17, 15) is 9.59 Å². The molecular weight excluding hydrogens is 346 g/mol. The molecule has 3 rings (SSSR count). The molecule has 0 bridgehead atoms. The van der Waals surface area contributed by atoms with Gasteiger partial charge >= 0.3 is 5.97 Å². The van der Waals surface area contributed by atoms with Gasteiger partial charge in [-0.2, -0.15) is 0 Å². The molecule has 27 heavy (non-hydrogen) atoms. The van der Waals surface area contributed by atoms with Crippen LogP contribution in [0.3, 0.4) is 0 Å². The van der Waals surface area contributed by atoms with Gasteiger partial charge in [-0.25, -0.2) is 0 Å². The van der Waals surface area contributed by atoms with Gasteiger partial charge in [0.1, 0.15) is 6.26 Å². The third-order valence-corrected chi connectivity index (χ3v) is 5.86. The number of amides is 1. The fourth-order valence-corrected chi connectivity index (χ4v) is 4.41. The summed E-state index contributed by atoms with van der Waals surface area (Å²) in [4.78, 5) is 32.2. The lowest BCUT2D eigenvalue weighted by Crippen LogP contribution is -2.43. The Kier molecular flexibility index (Phi) is 6.22. The van der Waals surface area contributed by atoms with Crippen LogP contribution in [0, 0.1) is 11.3 Å². The summed E-state index contributed by atoms with van der Waals surface area (Å²) in [6.07, 6.45) is 4.58. The highest BCUT2D eigenvalue weighted by atomic mass is 16.5. The van der Waals surface area contributed by atoms with Crippen LogP contribution in [-0.2, 0) is 9.53 Å². The van der Waals surface area contributed by atoms with E-state index in [2.05, 4.69) is 23.9 Å². The standard InChI is InChI=1S/C20H31N3O4/c1-4-27-19(25)20-7-5-8-23(18(24)16-6-11-26-14-16)13-17(20)12-22(15-20)10-9-21(2)3/h6,11,14,17H,4-5,7-10,12-13,15H2,1-3H3/t17-,20+/m1/s1. The molecular formula is C20H31N3O4. The highest BCUT2D eigenvalue weighted by Crippen LogP contribution is 2.43. The number of furan rings is 1. The molecule has 2 aliphatic heterocycles. The number of ether oxygens (including phenoxy) is 1. The Hall–Kier alpha value is -1.86. The van der Waals surface area contributed by atoms with E-state index in [1.165, 1.54) is 12.5 Å². The second-order valence-electron chi connectivity index (χ2n) is 7.98. The molecule has 0 saturated carbocycles. The van der Waals surface area contributed by atoms with Crippen molar-refractivity contribution in [1.29, 1.82) is 0 Å². The van der Waals surface area contributed by atoms with Crippen molar-refractivity contribution < 1.29 is 18.7 Å². The van der Waals surface area contributed by atoms with Crippen LogP contribution in [0.1, 0.15) is 30.1 Å². The van der Waals surface area contributed by atoms with Crippen molar-refractivity contribution in [3.8, 4) is 0 Å². The largest absolute Gasteiger partial charge is 0.472 e. The molecule has 3 heterocycles. The number of hydrogen-bond donors (Lipinski definition) is 0.